The minimum absolute atomic E-state index is 0.0156. The second-order valence-corrected chi connectivity index (χ2v) is 5.24. The van der Waals surface area contributed by atoms with E-state index in [2.05, 4.69) is 4.99 Å². The molecule has 112 valence electrons. The first kappa shape index (κ1) is 15.5. The van der Waals surface area contributed by atoms with Crippen molar-refractivity contribution in [2.75, 3.05) is 0 Å². The quantitative estimate of drug-likeness (QED) is 0.865. The largest absolute Gasteiger partial charge is 0.494 e. The fourth-order valence-electron chi connectivity index (χ4n) is 2.14. The van der Waals surface area contributed by atoms with E-state index in [4.69, 9.17) is 5.26 Å². The van der Waals surface area contributed by atoms with Crippen molar-refractivity contribution in [1.82, 2.24) is 4.57 Å². The molecular weight excluding hydrogens is 278 g/mol. The maximum atomic E-state index is 11.9. The zero-order valence-corrected chi connectivity index (χ0v) is 13.0. The maximum Gasteiger partial charge on any atom is 0.271 e. The second kappa shape index (κ2) is 5.86. The summed E-state index contributed by atoms with van der Waals surface area (Å²) in [6.07, 6.45) is 1.48. The zero-order valence-electron chi connectivity index (χ0n) is 13.0. The van der Waals surface area contributed by atoms with Crippen LogP contribution < -0.4 is 5.56 Å². The van der Waals surface area contributed by atoms with Crippen LogP contribution in [0.2, 0.25) is 0 Å². The average molecular weight is 295 g/mol. The van der Waals surface area contributed by atoms with E-state index in [0.717, 1.165) is 15.8 Å². The lowest BCUT2D eigenvalue weighted by Crippen LogP contribution is -2.22. The molecule has 2 rings (SSSR count). The van der Waals surface area contributed by atoms with Gasteiger partial charge in [0.25, 0.3) is 5.56 Å². The molecule has 0 unspecified atom stereocenters. The lowest BCUT2D eigenvalue weighted by molar-refractivity contribution is 0.421. The van der Waals surface area contributed by atoms with Gasteiger partial charge in [-0.1, -0.05) is 6.07 Å². The van der Waals surface area contributed by atoms with E-state index in [1.807, 2.05) is 38.1 Å². The van der Waals surface area contributed by atoms with Gasteiger partial charge >= 0.3 is 0 Å². The molecule has 1 heterocycles. The van der Waals surface area contributed by atoms with Crippen LogP contribution in [0.3, 0.4) is 0 Å². The van der Waals surface area contributed by atoms with Crippen molar-refractivity contribution in [1.29, 1.82) is 5.26 Å². The van der Waals surface area contributed by atoms with Crippen LogP contribution in [0.5, 0.6) is 5.88 Å². The monoisotopic (exact) mass is 295 g/mol. The van der Waals surface area contributed by atoms with E-state index < -0.39 is 5.56 Å². The third-order valence-corrected chi connectivity index (χ3v) is 3.80. The van der Waals surface area contributed by atoms with Gasteiger partial charge in [0.2, 0.25) is 5.88 Å². The molecule has 1 N–H and O–H groups in total. The zero-order chi connectivity index (χ0) is 16.4. The van der Waals surface area contributed by atoms with Crippen molar-refractivity contribution in [2.24, 2.45) is 12.0 Å². The predicted molar refractivity (Wildman–Crippen MR) is 86.0 cm³/mol. The van der Waals surface area contributed by atoms with Crippen molar-refractivity contribution in [2.45, 2.75) is 20.8 Å². The van der Waals surface area contributed by atoms with Crippen LogP contribution in [0, 0.1) is 32.1 Å². The van der Waals surface area contributed by atoms with E-state index in [1.165, 1.54) is 18.8 Å². The summed E-state index contributed by atoms with van der Waals surface area (Å²) in [5.41, 5.74) is 3.34. The average Bonchev–Trinajstić information content (AvgIpc) is 2.49. The Labute approximate surface area is 128 Å². The lowest BCUT2D eigenvalue weighted by atomic mass is 10.1. The highest BCUT2D eigenvalue weighted by Gasteiger charge is 2.15. The molecule has 0 saturated carbocycles. The number of aliphatic imine (C=N–C) groups is 1. The van der Waals surface area contributed by atoms with Gasteiger partial charge in [0.1, 0.15) is 11.6 Å². The van der Waals surface area contributed by atoms with Gasteiger partial charge in [0.05, 0.1) is 11.3 Å². The lowest BCUT2D eigenvalue weighted by Gasteiger charge is -2.09. The first-order chi connectivity index (χ1) is 10.4. The number of aromatic nitrogens is 1. The summed E-state index contributed by atoms with van der Waals surface area (Å²) in [6, 6.07) is 7.66. The van der Waals surface area contributed by atoms with Crippen molar-refractivity contribution in [3.63, 3.8) is 0 Å². The molecule has 22 heavy (non-hydrogen) atoms. The fourth-order valence-corrected chi connectivity index (χ4v) is 2.14. The van der Waals surface area contributed by atoms with Gasteiger partial charge in [-0.05, 0) is 49.6 Å². The Morgan fingerprint density at radius 3 is 2.55 bits per heavy atom. The highest BCUT2D eigenvalue weighted by atomic mass is 16.3. The Bertz CT molecular complexity index is 871. The van der Waals surface area contributed by atoms with Gasteiger partial charge < -0.3 is 5.11 Å². The number of aromatic hydroxyl groups is 1. The molecule has 2 aromatic rings. The molecule has 0 spiro atoms. The number of nitrogens with zero attached hydrogens (tertiary/aromatic N) is 3. The van der Waals surface area contributed by atoms with Crippen LogP contribution in [0.1, 0.15) is 27.8 Å². The highest BCUT2D eigenvalue weighted by Crippen LogP contribution is 2.21. The van der Waals surface area contributed by atoms with Gasteiger partial charge in [-0.25, -0.2) is 0 Å². The fraction of sp³-hybridized carbons (Fsp3) is 0.235. The number of benzene rings is 1. The summed E-state index contributed by atoms with van der Waals surface area (Å²) >= 11 is 0. The van der Waals surface area contributed by atoms with Crippen LogP contribution in [-0.2, 0) is 7.05 Å². The standard InChI is InChI=1S/C17H17N3O2/c1-10-5-6-13(7-11(10)2)19-9-15-12(3)14(8-18)16(21)20(4)17(15)22/h5-7,9,22H,1-4H3. The van der Waals surface area contributed by atoms with E-state index in [0.29, 0.717) is 11.1 Å². The van der Waals surface area contributed by atoms with Crippen molar-refractivity contribution in [3.8, 4) is 11.9 Å². The number of aryl methyl sites for hydroxylation is 2. The molecule has 0 amide bonds. The number of hydrogen-bond acceptors (Lipinski definition) is 4. The number of rotatable bonds is 2. The van der Waals surface area contributed by atoms with Gasteiger partial charge in [-0.15, -0.1) is 0 Å². The second-order valence-electron chi connectivity index (χ2n) is 5.24. The molecule has 5 heteroatoms. The van der Waals surface area contributed by atoms with Gasteiger partial charge in [-0.2, -0.15) is 5.26 Å². The number of nitriles is 1. The molecule has 5 nitrogen and oxygen atoms in total. The van der Waals surface area contributed by atoms with E-state index in [1.54, 1.807) is 6.92 Å². The van der Waals surface area contributed by atoms with Crippen molar-refractivity contribution < 1.29 is 5.11 Å². The molecule has 0 atom stereocenters. The molecule has 0 saturated heterocycles. The van der Waals surface area contributed by atoms with Crippen molar-refractivity contribution >= 4 is 11.9 Å². The SMILES string of the molecule is Cc1ccc(N=Cc2c(C)c(C#N)c(=O)n(C)c2O)cc1C. The summed E-state index contributed by atoms with van der Waals surface area (Å²) in [5, 5.41) is 19.2. The predicted octanol–water partition coefficient (Wildman–Crippen LogP) is 2.64. The summed E-state index contributed by atoms with van der Waals surface area (Å²) in [7, 11) is 1.42. The van der Waals surface area contributed by atoms with Crippen LogP contribution in [0.15, 0.2) is 28.0 Å². The Morgan fingerprint density at radius 1 is 1.27 bits per heavy atom. The Morgan fingerprint density at radius 2 is 1.95 bits per heavy atom. The molecule has 0 fully saturated rings. The van der Waals surface area contributed by atoms with Gasteiger partial charge in [-0.3, -0.25) is 14.4 Å². The third kappa shape index (κ3) is 2.63. The van der Waals surface area contributed by atoms with Gasteiger partial charge in [0.15, 0.2) is 0 Å². The molecule has 0 radical (unpaired) electrons. The summed E-state index contributed by atoms with van der Waals surface area (Å²) in [6.45, 7) is 5.64. The molecule has 0 aliphatic heterocycles. The summed E-state index contributed by atoms with van der Waals surface area (Å²) in [4.78, 5) is 16.2. The molecule has 1 aromatic carbocycles. The van der Waals surface area contributed by atoms with E-state index in [-0.39, 0.29) is 11.4 Å². The molecule has 0 aliphatic rings. The number of pyridine rings is 1. The molecule has 0 aliphatic carbocycles. The summed E-state index contributed by atoms with van der Waals surface area (Å²) in [5.74, 6) is -0.200. The first-order valence-corrected chi connectivity index (χ1v) is 6.80. The Balaban J connectivity index is 2.56. The van der Waals surface area contributed by atoms with Crippen LogP contribution in [0.25, 0.3) is 0 Å². The normalized spacial score (nSPS) is 10.9. The third-order valence-electron chi connectivity index (χ3n) is 3.80. The first-order valence-electron chi connectivity index (χ1n) is 6.80. The topological polar surface area (TPSA) is 78.4 Å². The van der Waals surface area contributed by atoms with Crippen LogP contribution in [0.4, 0.5) is 5.69 Å². The smallest absolute Gasteiger partial charge is 0.271 e. The summed E-state index contributed by atoms with van der Waals surface area (Å²) < 4.78 is 1.05. The molecule has 0 bridgehead atoms. The van der Waals surface area contributed by atoms with Crippen LogP contribution in [-0.4, -0.2) is 15.9 Å². The Kier molecular flexibility index (Phi) is 4.13. The van der Waals surface area contributed by atoms with E-state index in [9.17, 15) is 9.90 Å². The molecular formula is C17H17N3O2. The van der Waals surface area contributed by atoms with E-state index >= 15 is 0 Å². The Hall–Kier alpha value is -2.87. The minimum atomic E-state index is -0.513. The maximum absolute atomic E-state index is 11.9. The van der Waals surface area contributed by atoms with Crippen LogP contribution >= 0.6 is 0 Å². The van der Waals surface area contributed by atoms with Gasteiger partial charge in [0, 0.05) is 13.3 Å². The number of hydrogen-bond donors (Lipinski definition) is 1. The highest BCUT2D eigenvalue weighted by molar-refractivity contribution is 5.87. The van der Waals surface area contributed by atoms with Crippen molar-refractivity contribution in [3.05, 3.63) is 56.4 Å². The minimum Gasteiger partial charge on any atom is -0.494 e. The molecule has 1 aromatic heterocycles.